The van der Waals surface area contributed by atoms with E-state index in [9.17, 15) is 20.1 Å². The zero-order valence-electron chi connectivity index (χ0n) is 28.1. The van der Waals surface area contributed by atoms with Gasteiger partial charge >= 0.3 is 5.97 Å². The Morgan fingerprint density at radius 1 is 1.02 bits per heavy atom. The molecule has 7 heteroatoms. The number of rotatable bonds is 6. The normalized spacial score (nSPS) is 50.5. The molecule has 6 aliphatic rings. The van der Waals surface area contributed by atoms with E-state index in [1.165, 1.54) is 0 Å². The van der Waals surface area contributed by atoms with Crippen LogP contribution in [0.3, 0.4) is 0 Å². The number of allylic oxidation sites excluding steroid dienone is 1. The molecule has 1 saturated heterocycles. The standard InChI is InChI=1S/C36H58O7/c1-20(2)16-28(38)43-27-12-13-33(7)24-11-14-35-19-36(35,34(24,8)26(37)18-25(33)31(27,3)4)15-10-22(35)21-17-23(42-30(21)41-9)29(39)32(5,6)40/h16,21-27,29-30,37,39-40H,10-15,17-19H2,1-9H3/t21-,22-,23+,24+,25-,26+,27-,29?,30+,33+,34-,35+,36+/m0/s1. The highest BCUT2D eigenvalue weighted by atomic mass is 16.7. The van der Waals surface area contributed by atoms with E-state index < -0.39 is 23.9 Å². The Morgan fingerprint density at radius 3 is 2.35 bits per heavy atom. The summed E-state index contributed by atoms with van der Waals surface area (Å²) in [5.74, 6) is 1.04. The number of aliphatic hydroxyl groups excluding tert-OH is 2. The van der Waals surface area contributed by atoms with Gasteiger partial charge in [-0.25, -0.2) is 4.79 Å². The van der Waals surface area contributed by atoms with Gasteiger partial charge in [0.25, 0.3) is 0 Å². The van der Waals surface area contributed by atoms with Crippen LogP contribution >= 0.6 is 0 Å². The molecule has 0 aromatic carbocycles. The first kappa shape index (κ1) is 32.0. The molecule has 1 heterocycles. The minimum atomic E-state index is -1.24. The summed E-state index contributed by atoms with van der Waals surface area (Å²) in [6.07, 6.45) is 8.24. The number of carbonyl (C=O) groups excluding carboxylic acids is 1. The summed E-state index contributed by atoms with van der Waals surface area (Å²) < 4.78 is 18.2. The highest BCUT2D eigenvalue weighted by molar-refractivity contribution is 5.82. The second kappa shape index (κ2) is 10.0. The fraction of sp³-hybridized carbons (Fsp3) is 0.917. The lowest BCUT2D eigenvalue weighted by atomic mass is 9.37. The monoisotopic (exact) mass is 602 g/mol. The number of hydrogen-bond acceptors (Lipinski definition) is 7. The van der Waals surface area contributed by atoms with E-state index in [1.807, 2.05) is 13.8 Å². The molecule has 43 heavy (non-hydrogen) atoms. The molecule has 5 aliphatic carbocycles. The SMILES string of the molecule is CO[C@@H]1O[C@@H](C(O)C(C)(C)O)C[C@H]1[C@@H]1CC[C@]23C[C@]12CC[C@@H]1[C@@]2(C)CC[C@H](OC(=O)C=C(C)C)C(C)(C)[C@@H]2C[C@@H](O)[C@]13C. The first-order valence-electron chi connectivity index (χ1n) is 17.0. The maximum atomic E-state index is 12.7. The number of esters is 1. The van der Waals surface area contributed by atoms with Gasteiger partial charge in [-0.05, 0) is 119 Å². The molecule has 0 spiro atoms. The van der Waals surface area contributed by atoms with Crippen molar-refractivity contribution in [2.45, 2.75) is 149 Å². The van der Waals surface area contributed by atoms with Crippen LogP contribution in [0.25, 0.3) is 0 Å². The number of fused-ring (bicyclic) bond motifs is 3. The molecule has 1 unspecified atom stereocenters. The van der Waals surface area contributed by atoms with Crippen molar-refractivity contribution in [2.75, 3.05) is 7.11 Å². The Morgan fingerprint density at radius 2 is 1.72 bits per heavy atom. The number of hydrogen-bond donors (Lipinski definition) is 3. The van der Waals surface area contributed by atoms with Crippen LogP contribution in [-0.2, 0) is 19.0 Å². The molecule has 0 radical (unpaired) electrons. The van der Waals surface area contributed by atoms with Crippen molar-refractivity contribution in [3.05, 3.63) is 11.6 Å². The molecule has 0 amide bonds. The van der Waals surface area contributed by atoms with Gasteiger partial charge in [-0.1, -0.05) is 33.3 Å². The Labute approximate surface area is 259 Å². The van der Waals surface area contributed by atoms with Crippen molar-refractivity contribution >= 4 is 5.97 Å². The summed E-state index contributed by atoms with van der Waals surface area (Å²) in [7, 11) is 1.70. The van der Waals surface area contributed by atoms with Gasteiger partial charge in [0.1, 0.15) is 12.2 Å². The Kier molecular flexibility index (Phi) is 7.44. The summed E-state index contributed by atoms with van der Waals surface area (Å²) in [5, 5.41) is 33.7. The van der Waals surface area contributed by atoms with Crippen molar-refractivity contribution in [2.24, 2.45) is 50.7 Å². The molecular weight excluding hydrogens is 544 g/mol. The van der Waals surface area contributed by atoms with Crippen LogP contribution in [0.5, 0.6) is 0 Å². The highest BCUT2D eigenvalue weighted by Gasteiger charge is 2.86. The topological polar surface area (TPSA) is 105 Å². The third-order valence-electron chi connectivity index (χ3n) is 14.7. The molecule has 0 aromatic rings. The van der Waals surface area contributed by atoms with Gasteiger partial charge in [-0.15, -0.1) is 0 Å². The molecular formula is C36H58O7. The Hall–Kier alpha value is -0.990. The lowest BCUT2D eigenvalue weighted by Gasteiger charge is -2.68. The molecule has 7 nitrogen and oxygen atoms in total. The summed E-state index contributed by atoms with van der Waals surface area (Å²) in [6.45, 7) is 16.6. The van der Waals surface area contributed by atoms with Crippen LogP contribution < -0.4 is 0 Å². The molecule has 1 aliphatic heterocycles. The number of aliphatic hydroxyl groups is 3. The summed E-state index contributed by atoms with van der Waals surface area (Å²) in [5.41, 5.74) is -0.320. The molecule has 13 atom stereocenters. The lowest BCUT2D eigenvalue weighted by Crippen LogP contribution is -2.66. The van der Waals surface area contributed by atoms with Gasteiger partial charge in [0.15, 0.2) is 6.29 Å². The summed E-state index contributed by atoms with van der Waals surface area (Å²) in [4.78, 5) is 12.7. The Balaban J connectivity index is 1.26. The number of ether oxygens (including phenoxy) is 3. The van der Waals surface area contributed by atoms with Crippen LogP contribution in [0.2, 0.25) is 0 Å². The van der Waals surface area contributed by atoms with Gasteiger partial charge in [0, 0.05) is 29.9 Å². The van der Waals surface area contributed by atoms with E-state index in [0.717, 1.165) is 56.9 Å². The van der Waals surface area contributed by atoms with E-state index in [0.29, 0.717) is 18.3 Å². The second-order valence-corrected chi connectivity index (χ2v) is 17.5. The van der Waals surface area contributed by atoms with Crippen LogP contribution in [0, 0.1) is 50.7 Å². The van der Waals surface area contributed by atoms with Crippen molar-refractivity contribution < 1.29 is 34.3 Å². The van der Waals surface area contributed by atoms with Crippen LogP contribution in [0.4, 0.5) is 0 Å². The summed E-state index contributed by atoms with van der Waals surface area (Å²) >= 11 is 0. The van der Waals surface area contributed by atoms with Crippen LogP contribution in [0.1, 0.15) is 113 Å². The van der Waals surface area contributed by atoms with E-state index >= 15 is 0 Å². The van der Waals surface area contributed by atoms with Gasteiger partial charge in [-0.2, -0.15) is 0 Å². The Bertz CT molecular complexity index is 1150. The average molecular weight is 603 g/mol. The molecule has 0 bridgehead atoms. The van der Waals surface area contributed by atoms with Gasteiger partial charge in [0.05, 0.1) is 17.8 Å². The molecule has 244 valence electrons. The summed E-state index contributed by atoms with van der Waals surface area (Å²) in [6, 6.07) is 0. The van der Waals surface area contributed by atoms with E-state index in [4.69, 9.17) is 14.2 Å². The second-order valence-electron chi connectivity index (χ2n) is 17.5. The van der Waals surface area contributed by atoms with E-state index in [2.05, 4.69) is 27.7 Å². The molecule has 3 N–H and O–H groups in total. The largest absolute Gasteiger partial charge is 0.459 e. The highest BCUT2D eigenvalue weighted by Crippen LogP contribution is 2.91. The smallest absolute Gasteiger partial charge is 0.330 e. The fourth-order valence-corrected chi connectivity index (χ4v) is 12.8. The molecule has 5 saturated carbocycles. The third kappa shape index (κ3) is 4.26. The predicted molar refractivity (Wildman–Crippen MR) is 164 cm³/mol. The van der Waals surface area contributed by atoms with Gasteiger partial charge in [-0.3, -0.25) is 0 Å². The third-order valence-corrected chi connectivity index (χ3v) is 14.7. The zero-order valence-corrected chi connectivity index (χ0v) is 28.1. The molecule has 6 fully saturated rings. The minimum Gasteiger partial charge on any atom is -0.459 e. The van der Waals surface area contributed by atoms with Crippen molar-refractivity contribution in [3.63, 3.8) is 0 Å². The fourth-order valence-electron chi connectivity index (χ4n) is 12.8. The van der Waals surface area contributed by atoms with Crippen molar-refractivity contribution in [1.82, 2.24) is 0 Å². The maximum absolute atomic E-state index is 12.7. The lowest BCUT2D eigenvalue weighted by molar-refractivity contribution is -0.245. The van der Waals surface area contributed by atoms with Gasteiger partial charge in [0.2, 0.25) is 0 Å². The van der Waals surface area contributed by atoms with Crippen molar-refractivity contribution in [1.29, 1.82) is 0 Å². The van der Waals surface area contributed by atoms with Crippen molar-refractivity contribution in [3.8, 4) is 0 Å². The maximum Gasteiger partial charge on any atom is 0.330 e. The quantitative estimate of drug-likeness (QED) is 0.261. The van der Waals surface area contributed by atoms with Crippen LogP contribution in [-0.4, -0.2) is 64.7 Å². The molecule has 0 aromatic heterocycles. The van der Waals surface area contributed by atoms with E-state index in [1.54, 1.807) is 27.0 Å². The average Bonchev–Trinajstić information content (AvgIpc) is 3.23. The van der Waals surface area contributed by atoms with E-state index in [-0.39, 0.29) is 57.3 Å². The number of carbonyl (C=O) groups is 1. The first-order valence-corrected chi connectivity index (χ1v) is 17.0. The molecule has 6 rings (SSSR count). The first-order chi connectivity index (χ1) is 19.9. The number of methoxy groups -OCH3 is 1. The van der Waals surface area contributed by atoms with Crippen LogP contribution in [0.15, 0.2) is 11.6 Å². The van der Waals surface area contributed by atoms with Gasteiger partial charge < -0.3 is 29.5 Å². The zero-order chi connectivity index (χ0) is 31.5. The predicted octanol–water partition coefficient (Wildman–Crippen LogP) is 5.78. The minimum absolute atomic E-state index is 0.0753.